The van der Waals surface area contributed by atoms with Gasteiger partial charge in [-0.3, -0.25) is 0 Å². The van der Waals surface area contributed by atoms with E-state index in [2.05, 4.69) is 20.8 Å². The Labute approximate surface area is 154 Å². The second-order valence-corrected chi connectivity index (χ2v) is 13.3. The van der Waals surface area contributed by atoms with Crippen LogP contribution < -0.4 is 0 Å². The lowest BCUT2D eigenvalue weighted by molar-refractivity contribution is 0.461. The van der Waals surface area contributed by atoms with E-state index in [1.165, 1.54) is 82.4 Å². The lowest BCUT2D eigenvalue weighted by Gasteiger charge is -2.28. The molecular formula is C19H42O3PS+. The van der Waals surface area contributed by atoms with Gasteiger partial charge in [-0.25, -0.2) is 8.42 Å². The molecule has 0 aliphatic heterocycles. The Hall–Kier alpha value is 0.340. The Morgan fingerprint density at radius 1 is 0.667 bits per heavy atom. The van der Waals surface area contributed by atoms with Crippen molar-refractivity contribution in [3.05, 3.63) is 0 Å². The molecule has 0 unspecified atom stereocenters. The zero-order valence-electron chi connectivity index (χ0n) is 17.4. The van der Waals surface area contributed by atoms with Gasteiger partial charge in [-0.15, -0.1) is 0 Å². The van der Waals surface area contributed by atoms with Crippen LogP contribution in [0.3, 0.4) is 0 Å². The highest BCUT2D eigenvalue weighted by atomic mass is 32.2. The molecule has 5 heteroatoms. The molecule has 3 nitrogen and oxygen atoms in total. The molecule has 0 aliphatic rings. The van der Waals surface area contributed by atoms with Crippen molar-refractivity contribution in [2.24, 2.45) is 0 Å². The van der Waals surface area contributed by atoms with Gasteiger partial charge in [0.25, 0.3) is 0 Å². The molecule has 0 amide bonds. The molecule has 0 aromatic carbocycles. The number of hydrogen-bond acceptors (Lipinski definition) is 3. The van der Waals surface area contributed by atoms with Gasteiger partial charge in [-0.05, 0) is 32.1 Å². The topological polar surface area (TPSA) is 57.2 Å². The van der Waals surface area contributed by atoms with Crippen LogP contribution in [0.1, 0.15) is 92.8 Å². The minimum absolute atomic E-state index is 0. The number of hydrogen-bond donors (Lipinski definition) is 0. The first-order valence-corrected chi connectivity index (χ1v) is 14.3. The summed E-state index contributed by atoms with van der Waals surface area (Å²) in [6.45, 7) is 6.77. The molecule has 0 radical (unpaired) electrons. The van der Waals surface area contributed by atoms with Crippen LogP contribution in [-0.4, -0.2) is 43.4 Å². The van der Waals surface area contributed by atoms with E-state index in [-0.39, 0.29) is 7.18 Å². The predicted molar refractivity (Wildman–Crippen MR) is 110 cm³/mol. The fourth-order valence-corrected chi connectivity index (χ4v) is 8.97. The monoisotopic (exact) mass is 381 g/mol. The Bertz CT molecular complexity index is 362. The Kier molecular flexibility index (Phi) is 14.7. The van der Waals surface area contributed by atoms with Crippen molar-refractivity contribution >= 4 is 17.4 Å². The average Bonchev–Trinajstić information content (AvgIpc) is 2.51. The van der Waals surface area contributed by atoms with Gasteiger partial charge in [0.2, 0.25) is 0 Å². The summed E-state index contributed by atoms with van der Waals surface area (Å²) in [4.78, 5) is 0. The molecular weight excluding hydrogens is 339 g/mol. The smallest absolute Gasteiger partial charge is 0.748 e. The first kappa shape index (κ1) is 24.3. The summed E-state index contributed by atoms with van der Waals surface area (Å²) in [5, 5.41) is 0. The van der Waals surface area contributed by atoms with Crippen LogP contribution in [-0.2, 0) is 10.1 Å². The third-order valence-electron chi connectivity index (χ3n) is 4.98. The van der Waals surface area contributed by atoms with E-state index < -0.39 is 17.4 Å². The maximum Gasteiger partial charge on any atom is 1.00 e. The Morgan fingerprint density at radius 2 is 1.00 bits per heavy atom. The highest BCUT2D eigenvalue weighted by molar-refractivity contribution is 7.85. The summed E-state index contributed by atoms with van der Waals surface area (Å²) >= 11 is 0. The second-order valence-electron chi connectivity index (χ2n) is 7.33. The van der Waals surface area contributed by atoms with Crippen molar-refractivity contribution < 1.29 is 14.4 Å². The van der Waals surface area contributed by atoms with Gasteiger partial charge in [-0.1, -0.05) is 59.3 Å². The van der Waals surface area contributed by atoms with Crippen LogP contribution in [0.15, 0.2) is 0 Å². The molecule has 0 atom stereocenters. The molecule has 0 saturated heterocycles. The van der Waals surface area contributed by atoms with Gasteiger partial charge in [0.1, 0.15) is 0 Å². The largest absolute Gasteiger partial charge is 1.00 e. The molecule has 0 rings (SSSR count). The number of rotatable bonds is 17. The Morgan fingerprint density at radius 3 is 1.29 bits per heavy atom. The molecule has 0 aromatic rings. The van der Waals surface area contributed by atoms with Gasteiger partial charge in [-0.2, -0.15) is 0 Å². The summed E-state index contributed by atoms with van der Waals surface area (Å²) < 4.78 is 32.5. The van der Waals surface area contributed by atoms with Gasteiger partial charge in [0.05, 0.1) is 34.8 Å². The van der Waals surface area contributed by atoms with Crippen LogP contribution in [0.5, 0.6) is 0 Å². The third kappa shape index (κ3) is 13.6. The van der Waals surface area contributed by atoms with Crippen LogP contribution in [0, 0.1) is 0 Å². The average molecular weight is 382 g/mol. The first-order chi connectivity index (χ1) is 11.4. The minimum Gasteiger partial charge on any atom is -0.748 e. The van der Waals surface area contributed by atoms with E-state index in [0.717, 1.165) is 6.42 Å². The van der Waals surface area contributed by atoms with Crippen LogP contribution in [0.25, 0.3) is 0 Å². The molecule has 24 heavy (non-hydrogen) atoms. The van der Waals surface area contributed by atoms with E-state index in [4.69, 9.17) is 0 Å². The molecule has 0 bridgehead atoms. The second kappa shape index (κ2) is 14.5. The van der Waals surface area contributed by atoms with E-state index in [1.54, 1.807) is 0 Å². The van der Waals surface area contributed by atoms with Gasteiger partial charge >= 0.3 is 1.43 Å². The van der Waals surface area contributed by atoms with Crippen molar-refractivity contribution in [3.8, 4) is 0 Å². The lowest BCUT2D eigenvalue weighted by atomic mass is 10.3. The number of unbranched alkanes of at least 4 members (excludes halogenated alkanes) is 7. The standard InChI is InChI=1S/C19H41O3PS/c1-4-7-10-15-23(16-11-8-5-2,17-12-9-6-3)18-13-14-19-24(20,21)22/h4-19H2,1-3H3/p+1. The molecule has 0 heterocycles. The van der Waals surface area contributed by atoms with Crippen molar-refractivity contribution in [1.29, 1.82) is 0 Å². The Balaban J connectivity index is 0. The highest BCUT2D eigenvalue weighted by Gasteiger charge is 2.34. The van der Waals surface area contributed by atoms with Crippen molar-refractivity contribution in [3.63, 3.8) is 0 Å². The summed E-state index contributed by atoms with van der Waals surface area (Å²) in [6.07, 6.45) is 18.6. The van der Waals surface area contributed by atoms with Gasteiger partial charge < -0.3 is 4.55 Å². The van der Waals surface area contributed by atoms with E-state index in [0.29, 0.717) is 6.42 Å². The van der Waals surface area contributed by atoms with E-state index in [9.17, 15) is 13.0 Å². The maximum absolute atomic E-state index is 10.8. The summed E-state index contributed by atoms with van der Waals surface area (Å²) in [6, 6.07) is 0. The zero-order chi connectivity index (χ0) is 18.3. The van der Waals surface area contributed by atoms with Gasteiger partial charge in [0, 0.05) is 13.0 Å². The normalized spacial score (nSPS) is 12.7. The molecule has 0 aromatic heterocycles. The minimum atomic E-state index is -4.04. The van der Waals surface area contributed by atoms with E-state index in [1.807, 2.05) is 0 Å². The van der Waals surface area contributed by atoms with E-state index >= 15 is 0 Å². The SMILES string of the molecule is CCCCC[P+](CCCCC)(CCCCC)CCCCS(=O)(=O)[O-].[H+]. The highest BCUT2D eigenvalue weighted by Crippen LogP contribution is 2.61. The fourth-order valence-electron chi connectivity index (χ4n) is 3.49. The molecule has 0 spiro atoms. The molecule has 0 fully saturated rings. The molecule has 0 N–H and O–H groups in total. The van der Waals surface area contributed by atoms with Crippen LogP contribution in [0.4, 0.5) is 0 Å². The molecule has 0 saturated carbocycles. The van der Waals surface area contributed by atoms with Crippen molar-refractivity contribution in [1.82, 2.24) is 0 Å². The first-order valence-electron chi connectivity index (χ1n) is 10.2. The predicted octanol–water partition coefficient (Wildman–Crippen LogP) is 6.01. The maximum atomic E-state index is 10.8. The quantitative estimate of drug-likeness (QED) is 0.176. The van der Waals surface area contributed by atoms with Crippen molar-refractivity contribution in [2.45, 2.75) is 91.4 Å². The van der Waals surface area contributed by atoms with Crippen LogP contribution >= 0.6 is 7.26 Å². The van der Waals surface area contributed by atoms with Crippen molar-refractivity contribution in [2.75, 3.05) is 30.4 Å². The van der Waals surface area contributed by atoms with Gasteiger partial charge in [0.15, 0.2) is 0 Å². The summed E-state index contributed by atoms with van der Waals surface area (Å²) in [5.74, 6) is -0.175. The fraction of sp³-hybridized carbons (Fsp3) is 1.00. The van der Waals surface area contributed by atoms with Crippen LogP contribution in [0.2, 0.25) is 0 Å². The molecule has 0 aliphatic carbocycles. The third-order valence-corrected chi connectivity index (χ3v) is 10.8. The summed E-state index contributed by atoms with van der Waals surface area (Å²) in [5.41, 5.74) is 0. The lowest BCUT2D eigenvalue weighted by Crippen LogP contribution is -2.14. The molecule has 146 valence electrons. The summed E-state index contributed by atoms with van der Waals surface area (Å²) in [7, 11) is -5.01. The zero-order valence-corrected chi connectivity index (χ0v) is 18.1.